The number of para-hydroxylation sites is 1. The highest BCUT2D eigenvalue weighted by Gasteiger charge is 2.31. The highest BCUT2D eigenvalue weighted by molar-refractivity contribution is 5.93. The lowest BCUT2D eigenvalue weighted by Crippen LogP contribution is -2.04. The molecule has 0 radical (unpaired) electrons. The number of fused-ring (bicyclic) bond motifs is 1. The van der Waals surface area contributed by atoms with E-state index in [0.29, 0.717) is 11.3 Å². The number of rotatable bonds is 3. The Morgan fingerprint density at radius 1 is 1.43 bits per heavy atom. The van der Waals surface area contributed by atoms with Crippen LogP contribution in [0.2, 0.25) is 0 Å². The molecular weight excluding hydrogens is 275 g/mol. The molecular formula is C14H11FN4O2. The van der Waals surface area contributed by atoms with Gasteiger partial charge in [0.1, 0.15) is 11.2 Å². The molecule has 0 atom stereocenters. The Bertz CT molecular complexity index is 863. The second kappa shape index (κ2) is 4.15. The van der Waals surface area contributed by atoms with E-state index in [1.54, 1.807) is 12.1 Å². The van der Waals surface area contributed by atoms with Crippen LogP contribution in [0.5, 0.6) is 0 Å². The predicted octanol–water partition coefficient (Wildman–Crippen LogP) is 2.60. The average molecular weight is 286 g/mol. The summed E-state index contributed by atoms with van der Waals surface area (Å²) in [6.07, 6.45) is 3.26. The summed E-state index contributed by atoms with van der Waals surface area (Å²) in [4.78, 5) is 22.2. The van der Waals surface area contributed by atoms with Crippen LogP contribution in [0.4, 0.5) is 4.39 Å². The Kier molecular flexibility index (Phi) is 2.38. The molecule has 0 spiro atoms. The molecule has 21 heavy (non-hydrogen) atoms. The number of hydrogen-bond acceptors (Lipinski definition) is 3. The third-order valence-corrected chi connectivity index (χ3v) is 3.65. The number of imidazole rings is 2. The summed E-state index contributed by atoms with van der Waals surface area (Å²) in [7, 11) is 0. The second-order valence-corrected chi connectivity index (χ2v) is 5.08. The van der Waals surface area contributed by atoms with Gasteiger partial charge in [0.25, 0.3) is 0 Å². The number of aromatic carboxylic acids is 1. The summed E-state index contributed by atoms with van der Waals surface area (Å²) in [5.41, 5.74) is 1.13. The van der Waals surface area contributed by atoms with Gasteiger partial charge in [0.05, 0.1) is 11.8 Å². The number of halogens is 1. The number of aromatic nitrogens is 4. The van der Waals surface area contributed by atoms with Crippen LogP contribution in [0.25, 0.3) is 22.6 Å². The summed E-state index contributed by atoms with van der Waals surface area (Å²) in [6, 6.07) is 4.99. The van der Waals surface area contributed by atoms with Crippen LogP contribution < -0.4 is 0 Å². The number of nitrogens with zero attached hydrogens (tertiary/aromatic N) is 3. The van der Waals surface area contributed by atoms with Crippen molar-refractivity contribution in [3.8, 4) is 11.5 Å². The summed E-state index contributed by atoms with van der Waals surface area (Å²) in [5.74, 6) is -1.13. The van der Waals surface area contributed by atoms with Gasteiger partial charge in [-0.05, 0) is 25.0 Å². The molecule has 1 aliphatic rings. The molecule has 4 rings (SSSR count). The van der Waals surface area contributed by atoms with Crippen LogP contribution in [0, 0.1) is 5.82 Å². The molecule has 1 fully saturated rings. The highest BCUT2D eigenvalue weighted by atomic mass is 19.1. The van der Waals surface area contributed by atoms with Gasteiger partial charge in [-0.25, -0.2) is 19.2 Å². The van der Waals surface area contributed by atoms with E-state index in [2.05, 4.69) is 15.0 Å². The first-order valence-corrected chi connectivity index (χ1v) is 6.60. The monoisotopic (exact) mass is 286 g/mol. The number of H-pyrrole nitrogens is 1. The normalized spacial score (nSPS) is 14.7. The standard InChI is InChI=1S/C14H11FN4O2/c15-8-2-1-3-9-10(8)18-13(19(9)7-4-5-7)11-12(14(20)21)17-6-16-11/h1-3,6-7H,4-5H2,(H,16,17)(H,20,21). The Balaban J connectivity index is 2.04. The maximum absolute atomic E-state index is 13.9. The number of nitrogens with one attached hydrogen (secondary N) is 1. The largest absolute Gasteiger partial charge is 0.477 e. The summed E-state index contributed by atoms with van der Waals surface area (Å²) < 4.78 is 15.8. The Morgan fingerprint density at radius 2 is 2.24 bits per heavy atom. The van der Waals surface area contributed by atoms with Crippen LogP contribution in [0.1, 0.15) is 29.4 Å². The van der Waals surface area contributed by atoms with Gasteiger partial charge in [-0.15, -0.1) is 0 Å². The highest BCUT2D eigenvalue weighted by Crippen LogP contribution is 2.41. The Hall–Kier alpha value is -2.70. The van der Waals surface area contributed by atoms with Crippen molar-refractivity contribution >= 4 is 17.0 Å². The van der Waals surface area contributed by atoms with Gasteiger partial charge in [-0.2, -0.15) is 0 Å². The van der Waals surface area contributed by atoms with Crippen LogP contribution >= 0.6 is 0 Å². The number of carbonyl (C=O) groups is 1. The molecule has 106 valence electrons. The van der Waals surface area contributed by atoms with Gasteiger partial charge in [0.15, 0.2) is 17.3 Å². The molecule has 2 aromatic heterocycles. The van der Waals surface area contributed by atoms with Crippen LogP contribution in [0.3, 0.4) is 0 Å². The number of carboxylic acids is 1. The van der Waals surface area contributed by atoms with Crippen molar-refractivity contribution in [3.05, 3.63) is 36.0 Å². The Labute approximate surface area is 118 Å². The van der Waals surface area contributed by atoms with E-state index in [0.717, 1.165) is 12.8 Å². The van der Waals surface area contributed by atoms with E-state index >= 15 is 0 Å². The van der Waals surface area contributed by atoms with Crippen LogP contribution in [-0.2, 0) is 0 Å². The fraction of sp³-hybridized carbons (Fsp3) is 0.214. The molecule has 2 heterocycles. The van der Waals surface area contributed by atoms with E-state index in [9.17, 15) is 14.3 Å². The van der Waals surface area contributed by atoms with Crippen LogP contribution in [0.15, 0.2) is 24.5 Å². The average Bonchev–Trinajstić information content (AvgIpc) is 3.03. The van der Waals surface area contributed by atoms with Gasteiger partial charge < -0.3 is 14.7 Å². The molecule has 0 amide bonds. The van der Waals surface area contributed by atoms with Crippen molar-refractivity contribution in [1.29, 1.82) is 0 Å². The van der Waals surface area contributed by atoms with Crippen molar-refractivity contribution < 1.29 is 14.3 Å². The molecule has 1 aliphatic carbocycles. The number of hydrogen-bond donors (Lipinski definition) is 2. The molecule has 7 heteroatoms. The zero-order chi connectivity index (χ0) is 14.6. The van der Waals surface area contributed by atoms with Crippen molar-refractivity contribution in [2.24, 2.45) is 0 Å². The van der Waals surface area contributed by atoms with Crippen molar-refractivity contribution in [3.63, 3.8) is 0 Å². The van der Waals surface area contributed by atoms with Crippen molar-refractivity contribution in [2.45, 2.75) is 18.9 Å². The van der Waals surface area contributed by atoms with Crippen LogP contribution in [-0.4, -0.2) is 30.6 Å². The predicted molar refractivity (Wildman–Crippen MR) is 72.5 cm³/mol. The fourth-order valence-corrected chi connectivity index (χ4v) is 2.58. The third-order valence-electron chi connectivity index (χ3n) is 3.65. The van der Waals surface area contributed by atoms with E-state index in [4.69, 9.17) is 0 Å². The molecule has 0 bridgehead atoms. The van der Waals surface area contributed by atoms with E-state index < -0.39 is 11.8 Å². The third kappa shape index (κ3) is 1.74. The molecule has 1 saturated carbocycles. The van der Waals surface area contributed by atoms with E-state index in [-0.39, 0.29) is 22.9 Å². The number of aromatic amines is 1. The fourth-order valence-electron chi connectivity index (χ4n) is 2.58. The minimum atomic E-state index is -1.11. The molecule has 3 aromatic rings. The SMILES string of the molecule is O=C(O)c1[nH]cnc1-c1nc2c(F)cccc2n1C1CC1. The maximum atomic E-state index is 13.9. The topological polar surface area (TPSA) is 83.8 Å². The second-order valence-electron chi connectivity index (χ2n) is 5.08. The van der Waals surface area contributed by atoms with E-state index in [1.807, 2.05) is 4.57 Å². The lowest BCUT2D eigenvalue weighted by atomic mass is 10.3. The first kappa shape index (κ1) is 12.1. The molecule has 1 aromatic carbocycles. The minimum absolute atomic E-state index is 0.0346. The summed E-state index contributed by atoms with van der Waals surface area (Å²) in [5, 5.41) is 9.21. The number of benzene rings is 1. The van der Waals surface area contributed by atoms with Gasteiger partial charge in [-0.1, -0.05) is 6.07 Å². The summed E-state index contributed by atoms with van der Waals surface area (Å²) >= 11 is 0. The zero-order valence-electron chi connectivity index (χ0n) is 10.9. The minimum Gasteiger partial charge on any atom is -0.477 e. The lowest BCUT2D eigenvalue weighted by Gasteiger charge is -2.06. The van der Waals surface area contributed by atoms with Crippen molar-refractivity contribution in [2.75, 3.05) is 0 Å². The van der Waals surface area contributed by atoms with E-state index in [1.165, 1.54) is 12.4 Å². The number of carboxylic acid groups (broad SMARTS) is 1. The zero-order valence-corrected chi connectivity index (χ0v) is 10.9. The molecule has 0 saturated heterocycles. The molecule has 2 N–H and O–H groups in total. The first-order chi connectivity index (χ1) is 10.2. The molecule has 0 aliphatic heterocycles. The first-order valence-electron chi connectivity index (χ1n) is 6.60. The maximum Gasteiger partial charge on any atom is 0.354 e. The van der Waals surface area contributed by atoms with Gasteiger partial charge >= 0.3 is 5.97 Å². The van der Waals surface area contributed by atoms with Crippen molar-refractivity contribution in [1.82, 2.24) is 19.5 Å². The lowest BCUT2D eigenvalue weighted by molar-refractivity contribution is 0.0692. The van der Waals surface area contributed by atoms with Gasteiger partial charge in [-0.3, -0.25) is 0 Å². The summed E-state index contributed by atoms with van der Waals surface area (Å²) in [6.45, 7) is 0. The quantitative estimate of drug-likeness (QED) is 0.775. The van der Waals surface area contributed by atoms with Gasteiger partial charge in [0.2, 0.25) is 0 Å². The van der Waals surface area contributed by atoms with Gasteiger partial charge in [0, 0.05) is 6.04 Å². The molecule has 6 nitrogen and oxygen atoms in total. The Morgan fingerprint density at radius 3 is 2.95 bits per heavy atom. The molecule has 0 unspecified atom stereocenters. The smallest absolute Gasteiger partial charge is 0.354 e.